The van der Waals surface area contributed by atoms with E-state index in [1.54, 1.807) is 10.9 Å². The minimum absolute atomic E-state index is 0.0310. The first-order chi connectivity index (χ1) is 7.65. The van der Waals surface area contributed by atoms with Crippen LogP contribution in [0.2, 0.25) is 0 Å². The first-order valence-corrected chi connectivity index (χ1v) is 5.67. The lowest BCUT2D eigenvalue weighted by Gasteiger charge is -1.89. The Bertz CT molecular complexity index is 476. The molecular formula is C9H11N5OS. The van der Waals surface area contributed by atoms with Gasteiger partial charge in [-0.05, 0) is 6.92 Å². The van der Waals surface area contributed by atoms with E-state index in [4.69, 9.17) is 0 Å². The molecule has 1 aromatic rings. The van der Waals surface area contributed by atoms with Gasteiger partial charge in [0.25, 0.3) is 0 Å². The van der Waals surface area contributed by atoms with Crippen LogP contribution in [0.5, 0.6) is 0 Å². The highest BCUT2D eigenvalue weighted by atomic mass is 32.2. The third kappa shape index (κ3) is 2.48. The molecule has 2 heterocycles. The number of nitrogens with zero attached hydrogens (tertiary/aromatic N) is 4. The number of aromatic nitrogens is 2. The molecule has 0 bridgehead atoms. The molecule has 0 saturated carbocycles. The Morgan fingerprint density at radius 1 is 1.69 bits per heavy atom. The van der Waals surface area contributed by atoms with Crippen molar-refractivity contribution in [3.05, 3.63) is 17.5 Å². The molecule has 6 nitrogen and oxygen atoms in total. The van der Waals surface area contributed by atoms with Gasteiger partial charge in [-0.3, -0.25) is 9.48 Å². The highest BCUT2D eigenvalue weighted by molar-refractivity contribution is 8.15. The van der Waals surface area contributed by atoms with E-state index in [1.165, 1.54) is 11.8 Å². The lowest BCUT2D eigenvalue weighted by atomic mass is 10.3. The highest BCUT2D eigenvalue weighted by Crippen LogP contribution is 2.08. The zero-order valence-corrected chi connectivity index (χ0v) is 9.78. The molecule has 0 radical (unpaired) electrons. The monoisotopic (exact) mass is 237 g/mol. The van der Waals surface area contributed by atoms with Crippen LogP contribution in [-0.4, -0.2) is 32.8 Å². The van der Waals surface area contributed by atoms with Crippen LogP contribution in [0.15, 0.2) is 16.4 Å². The zero-order valence-electron chi connectivity index (χ0n) is 8.97. The topological polar surface area (TPSA) is 71.6 Å². The maximum atomic E-state index is 10.9. The van der Waals surface area contributed by atoms with Gasteiger partial charge in [0.15, 0.2) is 5.17 Å². The van der Waals surface area contributed by atoms with Crippen molar-refractivity contribution >= 4 is 29.1 Å². The average Bonchev–Trinajstić information content (AvgIpc) is 2.74. The number of thioether (sulfide) groups is 1. The van der Waals surface area contributed by atoms with Crippen molar-refractivity contribution in [2.45, 2.75) is 6.92 Å². The van der Waals surface area contributed by atoms with Crippen LogP contribution in [0.1, 0.15) is 11.3 Å². The molecule has 1 aliphatic rings. The largest absolute Gasteiger partial charge is 0.303 e. The normalized spacial score (nSPS) is 18.6. The van der Waals surface area contributed by atoms with E-state index in [9.17, 15) is 4.79 Å². The molecule has 1 amide bonds. The summed E-state index contributed by atoms with van der Waals surface area (Å²) in [6, 6.07) is 0. The quantitative estimate of drug-likeness (QED) is 0.593. The number of amidine groups is 1. The summed E-state index contributed by atoms with van der Waals surface area (Å²) in [6.07, 6.45) is 3.49. The van der Waals surface area contributed by atoms with Gasteiger partial charge < -0.3 is 5.32 Å². The number of hydrogen-bond acceptors (Lipinski definition) is 5. The average molecular weight is 237 g/mol. The maximum absolute atomic E-state index is 10.9. The molecule has 1 saturated heterocycles. The van der Waals surface area contributed by atoms with Gasteiger partial charge >= 0.3 is 0 Å². The van der Waals surface area contributed by atoms with E-state index in [-0.39, 0.29) is 5.91 Å². The van der Waals surface area contributed by atoms with Gasteiger partial charge in [0.1, 0.15) is 0 Å². The van der Waals surface area contributed by atoms with Crippen LogP contribution in [0.25, 0.3) is 0 Å². The number of carbonyl (C=O) groups excluding carboxylic acids is 1. The number of nitrogens with one attached hydrogen (secondary N) is 1. The van der Waals surface area contributed by atoms with Gasteiger partial charge in [0, 0.05) is 18.8 Å². The van der Waals surface area contributed by atoms with Crippen LogP contribution in [0.4, 0.5) is 0 Å². The molecule has 7 heteroatoms. The molecule has 84 valence electrons. The van der Waals surface area contributed by atoms with E-state index in [0.717, 1.165) is 11.3 Å². The minimum Gasteiger partial charge on any atom is -0.303 e. The minimum atomic E-state index is -0.0310. The first kappa shape index (κ1) is 10.9. The van der Waals surface area contributed by atoms with Crippen molar-refractivity contribution in [1.82, 2.24) is 15.1 Å². The summed E-state index contributed by atoms with van der Waals surface area (Å²) in [5, 5.41) is 15.1. The molecule has 0 atom stereocenters. The van der Waals surface area contributed by atoms with Crippen LogP contribution in [0.3, 0.4) is 0 Å². The maximum Gasteiger partial charge on any atom is 0.236 e. The molecule has 2 rings (SSSR count). The summed E-state index contributed by atoms with van der Waals surface area (Å²) in [5.41, 5.74) is 1.82. The third-order valence-electron chi connectivity index (χ3n) is 1.98. The predicted molar refractivity (Wildman–Crippen MR) is 63.6 cm³/mol. The number of amides is 1. The summed E-state index contributed by atoms with van der Waals surface area (Å²) >= 11 is 1.35. The molecule has 1 N–H and O–H groups in total. The molecule has 16 heavy (non-hydrogen) atoms. The van der Waals surface area contributed by atoms with E-state index in [0.29, 0.717) is 10.9 Å². The Balaban J connectivity index is 2.05. The van der Waals surface area contributed by atoms with Crippen molar-refractivity contribution in [1.29, 1.82) is 0 Å². The van der Waals surface area contributed by atoms with Crippen LogP contribution >= 0.6 is 11.8 Å². The molecule has 1 aromatic heterocycles. The second-order valence-electron chi connectivity index (χ2n) is 3.33. The second-order valence-corrected chi connectivity index (χ2v) is 4.29. The molecule has 1 aliphatic heterocycles. The van der Waals surface area contributed by atoms with Crippen molar-refractivity contribution < 1.29 is 4.79 Å². The van der Waals surface area contributed by atoms with Crippen LogP contribution < -0.4 is 5.32 Å². The van der Waals surface area contributed by atoms with Gasteiger partial charge in [-0.2, -0.15) is 10.2 Å². The summed E-state index contributed by atoms with van der Waals surface area (Å²) in [4.78, 5) is 10.9. The molecule has 0 spiro atoms. The van der Waals surface area contributed by atoms with Crippen molar-refractivity contribution in [2.75, 3.05) is 5.75 Å². The Labute approximate surface area is 96.8 Å². The highest BCUT2D eigenvalue weighted by Gasteiger charge is 2.15. The zero-order chi connectivity index (χ0) is 11.5. The van der Waals surface area contributed by atoms with Gasteiger partial charge in [0.2, 0.25) is 5.91 Å². The van der Waals surface area contributed by atoms with E-state index in [2.05, 4.69) is 20.6 Å². The number of rotatable bonds is 2. The Hall–Kier alpha value is -1.63. The fourth-order valence-electron chi connectivity index (χ4n) is 1.27. The molecular weight excluding hydrogens is 226 g/mol. The van der Waals surface area contributed by atoms with E-state index >= 15 is 0 Å². The van der Waals surface area contributed by atoms with Crippen LogP contribution in [0, 0.1) is 6.92 Å². The summed E-state index contributed by atoms with van der Waals surface area (Å²) in [6.45, 7) is 1.90. The number of carbonyl (C=O) groups is 1. The molecule has 0 aliphatic carbocycles. The number of hydrogen-bond donors (Lipinski definition) is 1. The smallest absolute Gasteiger partial charge is 0.236 e. The Morgan fingerprint density at radius 2 is 2.50 bits per heavy atom. The van der Waals surface area contributed by atoms with Gasteiger partial charge in [-0.1, -0.05) is 11.8 Å². The Kier molecular flexibility index (Phi) is 3.04. The fraction of sp³-hybridized carbons (Fsp3) is 0.333. The third-order valence-corrected chi connectivity index (χ3v) is 2.85. The number of aryl methyl sites for hydroxylation is 2. The SMILES string of the molecule is Cc1nn(C)cc1/C=N\N=C1\NC(=O)CS1. The van der Waals surface area contributed by atoms with Gasteiger partial charge in [-0.25, -0.2) is 0 Å². The van der Waals surface area contributed by atoms with Crippen molar-refractivity contribution in [3.63, 3.8) is 0 Å². The fourth-order valence-corrected chi connectivity index (χ4v) is 1.90. The lowest BCUT2D eigenvalue weighted by Crippen LogP contribution is -2.19. The van der Waals surface area contributed by atoms with Gasteiger partial charge in [-0.15, -0.1) is 5.10 Å². The van der Waals surface area contributed by atoms with Crippen molar-refractivity contribution in [2.24, 2.45) is 17.3 Å². The predicted octanol–water partition coefficient (Wildman–Crippen LogP) is 0.281. The van der Waals surface area contributed by atoms with Crippen molar-refractivity contribution in [3.8, 4) is 0 Å². The lowest BCUT2D eigenvalue weighted by molar-refractivity contribution is -0.116. The first-order valence-electron chi connectivity index (χ1n) is 4.69. The molecule has 1 fully saturated rings. The summed E-state index contributed by atoms with van der Waals surface area (Å²) in [5.74, 6) is 0.386. The molecule has 0 unspecified atom stereocenters. The van der Waals surface area contributed by atoms with Gasteiger partial charge in [0.05, 0.1) is 17.7 Å². The van der Waals surface area contributed by atoms with E-state index in [1.807, 2.05) is 20.2 Å². The van der Waals surface area contributed by atoms with Crippen LogP contribution in [-0.2, 0) is 11.8 Å². The molecule has 0 aromatic carbocycles. The summed E-state index contributed by atoms with van der Waals surface area (Å²) in [7, 11) is 1.85. The Morgan fingerprint density at radius 3 is 3.06 bits per heavy atom. The standard InChI is InChI=1S/C9H11N5OS/c1-6-7(4-14(2)13-6)3-10-12-9-11-8(15)5-16-9/h3-4H,5H2,1-2H3,(H,11,12,15)/b10-3-. The van der Waals surface area contributed by atoms with E-state index < -0.39 is 0 Å². The second kappa shape index (κ2) is 4.48. The summed E-state index contributed by atoms with van der Waals surface area (Å²) < 4.78 is 1.72.